The van der Waals surface area contributed by atoms with Crippen molar-refractivity contribution in [1.82, 2.24) is 5.32 Å². The summed E-state index contributed by atoms with van der Waals surface area (Å²) in [5.41, 5.74) is 6.21. The minimum atomic E-state index is -4.75. The Morgan fingerprint density at radius 2 is 1.92 bits per heavy atom. The fourth-order valence-electron chi connectivity index (χ4n) is 2.14. The molecule has 0 fully saturated rings. The Morgan fingerprint density at radius 1 is 1.28 bits per heavy atom. The van der Waals surface area contributed by atoms with Gasteiger partial charge in [0.1, 0.15) is 17.7 Å². The molecule has 0 bridgehead atoms. The molecule has 1 aromatic rings. The Kier molecular flexibility index (Phi) is 5.58. The molecule has 1 aliphatic heterocycles. The molecular formula is C18H17F4N3. The lowest BCUT2D eigenvalue weighted by Crippen LogP contribution is -2.44. The van der Waals surface area contributed by atoms with Crippen LogP contribution in [0.2, 0.25) is 0 Å². The van der Waals surface area contributed by atoms with Crippen molar-refractivity contribution in [3.05, 3.63) is 77.8 Å². The number of aliphatic imine (C=N–C) groups is 1. The monoisotopic (exact) mass is 351 g/mol. The second-order valence-corrected chi connectivity index (χ2v) is 5.30. The number of nitrogens with two attached hydrogens (primary N) is 1. The molecule has 25 heavy (non-hydrogen) atoms. The molecule has 7 heteroatoms. The highest BCUT2D eigenvalue weighted by atomic mass is 19.4. The van der Waals surface area contributed by atoms with Gasteiger partial charge in [0.05, 0.1) is 5.70 Å². The number of nitrogens with one attached hydrogen (secondary N) is 1. The van der Waals surface area contributed by atoms with Crippen molar-refractivity contribution in [2.75, 3.05) is 0 Å². The van der Waals surface area contributed by atoms with E-state index in [1.165, 1.54) is 6.92 Å². The third kappa shape index (κ3) is 4.67. The van der Waals surface area contributed by atoms with Crippen LogP contribution in [-0.4, -0.2) is 18.1 Å². The van der Waals surface area contributed by atoms with Crippen LogP contribution in [0.15, 0.2) is 77.2 Å². The first-order valence-corrected chi connectivity index (χ1v) is 7.40. The molecule has 0 aliphatic carbocycles. The van der Waals surface area contributed by atoms with Gasteiger partial charge in [-0.2, -0.15) is 13.2 Å². The molecule has 3 nitrogen and oxygen atoms in total. The number of amidine groups is 1. The summed E-state index contributed by atoms with van der Waals surface area (Å²) in [5.74, 6) is -1.03. The SMILES string of the molecule is C=C1C=C(c2ccccc2)N=C(/C(=C\C(F)=C/C)C(N)C(F)(F)F)N1. The van der Waals surface area contributed by atoms with Crippen LogP contribution >= 0.6 is 0 Å². The lowest BCUT2D eigenvalue weighted by molar-refractivity contribution is -0.138. The van der Waals surface area contributed by atoms with E-state index >= 15 is 0 Å². The maximum atomic E-state index is 13.6. The number of hydrogen-bond acceptors (Lipinski definition) is 3. The average Bonchev–Trinajstić information content (AvgIpc) is 2.58. The Morgan fingerprint density at radius 3 is 2.48 bits per heavy atom. The van der Waals surface area contributed by atoms with Crippen LogP contribution in [0.3, 0.4) is 0 Å². The van der Waals surface area contributed by atoms with Gasteiger partial charge in [-0.1, -0.05) is 43.0 Å². The molecule has 2 rings (SSSR count). The minimum Gasteiger partial charge on any atom is -0.340 e. The smallest absolute Gasteiger partial charge is 0.340 e. The molecular weight excluding hydrogens is 334 g/mol. The largest absolute Gasteiger partial charge is 0.407 e. The van der Waals surface area contributed by atoms with E-state index in [1.54, 1.807) is 36.4 Å². The number of allylic oxidation sites excluding steroid dienone is 4. The van der Waals surface area contributed by atoms with Crippen LogP contribution in [0.25, 0.3) is 5.70 Å². The molecule has 132 valence electrons. The number of alkyl halides is 3. The standard InChI is InChI=1S/C18H17F4N3/c1-3-13(19)10-14(16(23)18(20,21)22)17-24-11(2)9-15(25-17)12-7-5-4-6-8-12/h3-10,16H,2,23H2,1H3,(H,24,25)/b13-3+,14-10-. The first-order valence-electron chi connectivity index (χ1n) is 7.40. The maximum absolute atomic E-state index is 13.6. The van der Waals surface area contributed by atoms with E-state index in [-0.39, 0.29) is 5.84 Å². The van der Waals surface area contributed by atoms with Crippen molar-refractivity contribution in [1.29, 1.82) is 0 Å². The zero-order valence-corrected chi connectivity index (χ0v) is 13.4. The van der Waals surface area contributed by atoms with Gasteiger partial charge >= 0.3 is 6.18 Å². The summed E-state index contributed by atoms with van der Waals surface area (Å²) in [5, 5.41) is 2.64. The number of hydrogen-bond donors (Lipinski definition) is 2. The van der Waals surface area contributed by atoms with E-state index in [9.17, 15) is 17.6 Å². The predicted octanol–water partition coefficient (Wildman–Crippen LogP) is 4.23. The lowest BCUT2D eigenvalue weighted by atomic mass is 10.0. The maximum Gasteiger partial charge on any atom is 0.407 e. The Balaban J connectivity index is 2.53. The van der Waals surface area contributed by atoms with E-state index < -0.39 is 23.6 Å². The van der Waals surface area contributed by atoms with Crippen LogP contribution in [0.4, 0.5) is 17.6 Å². The summed E-state index contributed by atoms with van der Waals surface area (Å²) < 4.78 is 52.9. The molecule has 0 spiro atoms. The van der Waals surface area contributed by atoms with Crippen LogP contribution in [0.1, 0.15) is 12.5 Å². The summed E-state index contributed by atoms with van der Waals surface area (Å²) in [6.45, 7) is 5.09. The Bertz CT molecular complexity index is 771. The van der Waals surface area contributed by atoms with Crippen molar-refractivity contribution < 1.29 is 17.6 Å². The molecule has 3 N–H and O–H groups in total. The van der Waals surface area contributed by atoms with Gasteiger partial charge in [-0.25, -0.2) is 9.38 Å². The van der Waals surface area contributed by atoms with E-state index in [1.807, 2.05) is 0 Å². The number of halogens is 4. The molecule has 1 atom stereocenters. The summed E-state index contributed by atoms with van der Waals surface area (Å²) >= 11 is 0. The van der Waals surface area contributed by atoms with Gasteiger partial charge in [0.15, 0.2) is 0 Å². The van der Waals surface area contributed by atoms with Crippen molar-refractivity contribution in [2.45, 2.75) is 19.1 Å². The molecule has 0 aromatic heterocycles. The predicted molar refractivity (Wildman–Crippen MR) is 91.1 cm³/mol. The second-order valence-electron chi connectivity index (χ2n) is 5.30. The summed E-state index contributed by atoms with van der Waals surface area (Å²) in [6, 6.07) is 6.46. The summed E-state index contributed by atoms with van der Waals surface area (Å²) in [6.07, 6.45) is -1.40. The average molecular weight is 351 g/mol. The molecule has 1 aliphatic rings. The van der Waals surface area contributed by atoms with E-state index in [0.29, 0.717) is 17.0 Å². The highest BCUT2D eigenvalue weighted by Gasteiger charge is 2.41. The van der Waals surface area contributed by atoms with E-state index in [4.69, 9.17) is 5.73 Å². The van der Waals surface area contributed by atoms with Gasteiger partial charge in [-0.05, 0) is 19.1 Å². The van der Waals surface area contributed by atoms with Crippen LogP contribution in [-0.2, 0) is 0 Å². The molecule has 1 heterocycles. The highest BCUT2D eigenvalue weighted by Crippen LogP contribution is 2.28. The molecule has 0 radical (unpaired) electrons. The number of rotatable bonds is 4. The van der Waals surface area contributed by atoms with Gasteiger partial charge in [0.25, 0.3) is 0 Å². The van der Waals surface area contributed by atoms with Gasteiger partial charge in [0.2, 0.25) is 0 Å². The quantitative estimate of drug-likeness (QED) is 0.630. The first kappa shape index (κ1) is 18.7. The topological polar surface area (TPSA) is 50.4 Å². The molecule has 1 aromatic carbocycles. The normalized spacial score (nSPS) is 17.6. The fraction of sp³-hybridized carbons (Fsp3) is 0.167. The van der Waals surface area contributed by atoms with Crippen molar-refractivity contribution in [2.24, 2.45) is 10.7 Å². The van der Waals surface area contributed by atoms with Gasteiger partial charge in [-0.15, -0.1) is 0 Å². The third-order valence-electron chi connectivity index (χ3n) is 3.42. The van der Waals surface area contributed by atoms with Crippen LogP contribution < -0.4 is 11.1 Å². The zero-order chi connectivity index (χ0) is 18.6. The lowest BCUT2D eigenvalue weighted by Gasteiger charge is -2.24. The molecule has 0 amide bonds. The molecule has 0 saturated heterocycles. The van der Waals surface area contributed by atoms with Crippen molar-refractivity contribution in [3.8, 4) is 0 Å². The Labute approximate surface area is 142 Å². The van der Waals surface area contributed by atoms with E-state index in [2.05, 4.69) is 16.9 Å². The Hall–Kier alpha value is -2.67. The molecule has 1 unspecified atom stereocenters. The highest BCUT2D eigenvalue weighted by molar-refractivity contribution is 6.05. The first-order chi connectivity index (χ1) is 11.7. The van der Waals surface area contributed by atoms with Crippen molar-refractivity contribution in [3.63, 3.8) is 0 Å². The minimum absolute atomic E-state index is 0.187. The number of nitrogens with zero attached hydrogens (tertiary/aromatic N) is 1. The van der Waals surface area contributed by atoms with Gasteiger partial charge in [0, 0.05) is 16.8 Å². The fourth-order valence-corrected chi connectivity index (χ4v) is 2.14. The second kappa shape index (κ2) is 7.48. The van der Waals surface area contributed by atoms with Crippen LogP contribution in [0, 0.1) is 0 Å². The summed E-state index contributed by atoms with van der Waals surface area (Å²) in [4.78, 5) is 4.19. The zero-order valence-electron chi connectivity index (χ0n) is 13.4. The van der Waals surface area contributed by atoms with Gasteiger partial charge < -0.3 is 11.1 Å². The summed E-state index contributed by atoms with van der Waals surface area (Å²) in [7, 11) is 0. The number of benzene rings is 1. The molecule has 0 saturated carbocycles. The van der Waals surface area contributed by atoms with Crippen LogP contribution in [0.5, 0.6) is 0 Å². The van der Waals surface area contributed by atoms with E-state index in [0.717, 1.165) is 12.2 Å². The van der Waals surface area contributed by atoms with Gasteiger partial charge in [-0.3, -0.25) is 0 Å². The van der Waals surface area contributed by atoms with Crippen molar-refractivity contribution >= 4 is 11.5 Å². The third-order valence-corrected chi connectivity index (χ3v) is 3.42.